The molecule has 1 saturated carbocycles. The molecule has 1 heterocycles. The van der Waals surface area contributed by atoms with Crippen molar-refractivity contribution in [1.29, 1.82) is 0 Å². The number of hydrogen-bond donors (Lipinski definition) is 1. The van der Waals surface area contributed by atoms with Crippen molar-refractivity contribution in [2.45, 2.75) is 64.8 Å². The zero-order valence-electron chi connectivity index (χ0n) is 16.6. The van der Waals surface area contributed by atoms with Gasteiger partial charge >= 0.3 is 6.09 Å². The molecule has 0 unspecified atom stereocenters. The maximum absolute atomic E-state index is 13.8. The number of carbonyl (C=O) groups excluding carboxylic acids is 1. The minimum absolute atomic E-state index is 0.294. The summed E-state index contributed by atoms with van der Waals surface area (Å²) in [5, 5.41) is 2.83. The molecule has 1 aliphatic rings. The van der Waals surface area contributed by atoms with Crippen LogP contribution in [0.5, 0.6) is 0 Å². The Balaban J connectivity index is 1.84. The fourth-order valence-corrected chi connectivity index (χ4v) is 3.46. The molecular weight excluding hydrogens is 349 g/mol. The smallest absolute Gasteiger partial charge is 0.408 e. The predicted molar refractivity (Wildman–Crippen MR) is 101 cm³/mol. The number of nitrogens with one attached hydrogen (secondary N) is 1. The van der Waals surface area contributed by atoms with Crippen molar-refractivity contribution in [1.82, 2.24) is 14.9 Å². The fourth-order valence-electron chi connectivity index (χ4n) is 3.46. The van der Waals surface area contributed by atoms with E-state index in [0.29, 0.717) is 23.4 Å². The molecule has 1 atom stereocenters. The van der Waals surface area contributed by atoms with Crippen LogP contribution in [-0.4, -0.2) is 34.5 Å². The first kappa shape index (κ1) is 19.6. The summed E-state index contributed by atoms with van der Waals surface area (Å²) < 4.78 is 26.5. The molecule has 1 fully saturated rings. The summed E-state index contributed by atoms with van der Waals surface area (Å²) in [4.78, 5) is 16.8. The first-order valence-corrected chi connectivity index (χ1v) is 9.34. The highest BCUT2D eigenvalue weighted by molar-refractivity contribution is 5.76. The van der Waals surface area contributed by atoms with Gasteiger partial charge in [-0.1, -0.05) is 0 Å². The van der Waals surface area contributed by atoms with E-state index in [0.717, 1.165) is 24.9 Å². The van der Waals surface area contributed by atoms with Crippen LogP contribution in [-0.2, 0) is 16.0 Å². The van der Waals surface area contributed by atoms with Gasteiger partial charge in [-0.25, -0.2) is 14.2 Å². The molecule has 1 amide bonds. The Hall–Kier alpha value is -2.15. The molecule has 0 radical (unpaired) electrons. The Bertz CT molecular complexity index is 822. The van der Waals surface area contributed by atoms with Crippen LogP contribution >= 0.6 is 0 Å². The SMILES string of the molecule is COC1CC(Cn2c([C@H](C)NC(=O)OC(C)(C)C)nc3ccc(F)cc32)C1. The van der Waals surface area contributed by atoms with Crippen molar-refractivity contribution in [3.05, 3.63) is 29.8 Å². The highest BCUT2D eigenvalue weighted by atomic mass is 19.1. The first-order valence-electron chi connectivity index (χ1n) is 9.34. The van der Waals surface area contributed by atoms with E-state index in [2.05, 4.69) is 10.3 Å². The number of fused-ring (bicyclic) bond motifs is 1. The Kier molecular flexibility index (Phi) is 5.42. The van der Waals surface area contributed by atoms with E-state index in [4.69, 9.17) is 9.47 Å². The van der Waals surface area contributed by atoms with Gasteiger partial charge in [0, 0.05) is 13.7 Å². The quantitative estimate of drug-likeness (QED) is 0.849. The predicted octanol–water partition coefficient (Wildman–Crippen LogP) is 4.19. The van der Waals surface area contributed by atoms with Crippen molar-refractivity contribution in [3.8, 4) is 0 Å². The highest BCUT2D eigenvalue weighted by Gasteiger charge is 2.31. The molecule has 0 aliphatic heterocycles. The Morgan fingerprint density at radius 3 is 2.74 bits per heavy atom. The molecule has 1 N–H and O–H groups in total. The number of benzene rings is 1. The Labute approximate surface area is 159 Å². The van der Waals surface area contributed by atoms with Crippen LogP contribution in [0, 0.1) is 11.7 Å². The van der Waals surface area contributed by atoms with Crippen LogP contribution in [0.4, 0.5) is 9.18 Å². The maximum atomic E-state index is 13.8. The fraction of sp³-hybridized carbons (Fsp3) is 0.600. The number of halogens is 1. The van der Waals surface area contributed by atoms with E-state index in [1.807, 2.05) is 32.3 Å². The largest absolute Gasteiger partial charge is 0.444 e. The summed E-state index contributed by atoms with van der Waals surface area (Å²) in [6.45, 7) is 8.03. The van der Waals surface area contributed by atoms with Gasteiger partial charge in [0.2, 0.25) is 0 Å². The highest BCUT2D eigenvalue weighted by Crippen LogP contribution is 2.33. The molecule has 6 nitrogen and oxygen atoms in total. The van der Waals surface area contributed by atoms with Crippen molar-refractivity contribution < 1.29 is 18.7 Å². The lowest BCUT2D eigenvalue weighted by Gasteiger charge is -2.35. The van der Waals surface area contributed by atoms with Gasteiger partial charge in [0.1, 0.15) is 17.2 Å². The molecule has 7 heteroatoms. The van der Waals surface area contributed by atoms with E-state index in [-0.39, 0.29) is 11.9 Å². The molecule has 1 aromatic carbocycles. The molecule has 148 valence electrons. The number of methoxy groups -OCH3 is 1. The molecule has 1 aromatic heterocycles. The number of ether oxygens (including phenoxy) is 2. The second kappa shape index (κ2) is 7.46. The van der Waals surface area contributed by atoms with Crippen molar-refractivity contribution in [3.63, 3.8) is 0 Å². The summed E-state index contributed by atoms with van der Waals surface area (Å²) in [5.41, 5.74) is 0.879. The van der Waals surface area contributed by atoms with Gasteiger partial charge in [-0.15, -0.1) is 0 Å². The number of nitrogens with zero attached hydrogens (tertiary/aromatic N) is 2. The lowest BCUT2D eigenvalue weighted by Crippen LogP contribution is -2.36. The third-order valence-corrected chi connectivity index (χ3v) is 4.83. The molecule has 0 spiro atoms. The topological polar surface area (TPSA) is 65.4 Å². The lowest BCUT2D eigenvalue weighted by molar-refractivity contribution is -0.00437. The number of carbonyl (C=O) groups is 1. The average molecular weight is 377 g/mol. The van der Waals surface area contributed by atoms with Gasteiger partial charge in [-0.2, -0.15) is 0 Å². The molecule has 2 aromatic rings. The lowest BCUT2D eigenvalue weighted by atomic mass is 9.82. The number of alkyl carbamates (subject to hydrolysis) is 1. The summed E-state index contributed by atoms with van der Waals surface area (Å²) in [6.07, 6.45) is 1.74. The number of aromatic nitrogens is 2. The van der Waals surface area contributed by atoms with Crippen LogP contribution in [0.1, 0.15) is 52.4 Å². The first-order chi connectivity index (χ1) is 12.7. The minimum Gasteiger partial charge on any atom is -0.444 e. The van der Waals surface area contributed by atoms with E-state index >= 15 is 0 Å². The summed E-state index contributed by atoms with van der Waals surface area (Å²) in [5.74, 6) is 0.844. The van der Waals surface area contributed by atoms with Crippen LogP contribution < -0.4 is 5.32 Å². The second-order valence-corrected chi connectivity index (χ2v) is 8.28. The van der Waals surface area contributed by atoms with Gasteiger partial charge in [0.15, 0.2) is 0 Å². The average Bonchev–Trinajstić information content (AvgIpc) is 2.86. The van der Waals surface area contributed by atoms with Crippen molar-refractivity contribution in [2.24, 2.45) is 5.92 Å². The van der Waals surface area contributed by atoms with Crippen LogP contribution in [0.2, 0.25) is 0 Å². The third-order valence-electron chi connectivity index (χ3n) is 4.83. The van der Waals surface area contributed by atoms with E-state index in [1.165, 1.54) is 12.1 Å². The zero-order valence-corrected chi connectivity index (χ0v) is 16.6. The van der Waals surface area contributed by atoms with Gasteiger partial charge < -0.3 is 19.4 Å². The summed E-state index contributed by atoms with van der Waals surface area (Å²) in [7, 11) is 1.72. The normalized spacial score (nSPS) is 21.0. The zero-order chi connectivity index (χ0) is 19.8. The standard InChI is InChI=1S/C20H28FN3O3/c1-12(22-19(25)27-20(2,3)4)18-23-16-7-6-14(21)10-17(16)24(18)11-13-8-15(9-13)26-5/h6-7,10,12-13,15H,8-9,11H2,1-5H3,(H,22,25)/t12-,13?,15?/m0/s1. The van der Waals surface area contributed by atoms with E-state index in [1.54, 1.807) is 13.2 Å². The maximum Gasteiger partial charge on any atom is 0.408 e. The van der Waals surface area contributed by atoms with Crippen molar-refractivity contribution in [2.75, 3.05) is 7.11 Å². The van der Waals surface area contributed by atoms with Gasteiger partial charge in [0.25, 0.3) is 0 Å². The number of amides is 1. The monoisotopic (exact) mass is 377 g/mol. The van der Waals surface area contributed by atoms with Crippen molar-refractivity contribution >= 4 is 17.1 Å². The number of hydrogen-bond acceptors (Lipinski definition) is 4. The summed E-state index contributed by atoms with van der Waals surface area (Å²) in [6, 6.07) is 4.20. The number of rotatable bonds is 5. The molecule has 1 aliphatic carbocycles. The van der Waals surface area contributed by atoms with E-state index < -0.39 is 11.7 Å². The molecular formula is C20H28FN3O3. The van der Waals surface area contributed by atoms with Gasteiger partial charge in [0.05, 0.1) is 23.2 Å². The summed E-state index contributed by atoms with van der Waals surface area (Å²) >= 11 is 0. The van der Waals surface area contributed by atoms with Gasteiger partial charge in [-0.3, -0.25) is 0 Å². The molecule has 3 rings (SSSR count). The van der Waals surface area contributed by atoms with Gasteiger partial charge in [-0.05, 0) is 64.7 Å². The van der Waals surface area contributed by atoms with Crippen LogP contribution in [0.25, 0.3) is 11.0 Å². The molecule has 0 bridgehead atoms. The van der Waals surface area contributed by atoms with E-state index in [9.17, 15) is 9.18 Å². The third kappa shape index (κ3) is 4.58. The van der Waals surface area contributed by atoms with Crippen LogP contribution in [0.3, 0.4) is 0 Å². The number of imidazole rings is 1. The Morgan fingerprint density at radius 2 is 2.11 bits per heavy atom. The molecule has 27 heavy (non-hydrogen) atoms. The molecule has 0 saturated heterocycles. The van der Waals surface area contributed by atoms with Crippen LogP contribution in [0.15, 0.2) is 18.2 Å². The Morgan fingerprint density at radius 1 is 1.41 bits per heavy atom. The minimum atomic E-state index is -0.575. The second-order valence-electron chi connectivity index (χ2n) is 8.28.